The van der Waals surface area contributed by atoms with Crippen LogP contribution in [0.25, 0.3) is 0 Å². The Morgan fingerprint density at radius 2 is 1.93 bits per heavy atom. The van der Waals surface area contributed by atoms with E-state index in [0.717, 1.165) is 16.9 Å². The van der Waals surface area contributed by atoms with Crippen molar-refractivity contribution >= 4 is 35.0 Å². The summed E-state index contributed by atoms with van der Waals surface area (Å²) in [6.07, 6.45) is 0. The second-order valence-corrected chi connectivity index (χ2v) is 7.74. The van der Waals surface area contributed by atoms with Crippen molar-refractivity contribution in [1.29, 1.82) is 0 Å². The molecule has 1 N–H and O–H groups in total. The second-order valence-electron chi connectivity index (χ2n) is 6.36. The molecule has 3 rings (SSSR count). The molecule has 0 bridgehead atoms. The van der Waals surface area contributed by atoms with Gasteiger partial charge in [-0.2, -0.15) is 0 Å². The molecule has 0 aliphatic carbocycles. The maximum absolute atomic E-state index is 12.1. The van der Waals surface area contributed by atoms with E-state index in [0.29, 0.717) is 28.3 Å². The molecule has 1 aromatic heterocycles. The van der Waals surface area contributed by atoms with Crippen LogP contribution in [-0.2, 0) is 18.4 Å². The summed E-state index contributed by atoms with van der Waals surface area (Å²) in [4.78, 5) is 12.1. The molecule has 0 radical (unpaired) electrons. The van der Waals surface area contributed by atoms with Gasteiger partial charge in [0.15, 0.2) is 11.0 Å². The molecule has 1 heterocycles. The van der Waals surface area contributed by atoms with Crippen LogP contribution in [0, 0.1) is 13.8 Å². The SMILES string of the molecule is Cc1ccc(C)c(OCc2nnc(SCC(=O)Nc3ccc(Cl)cc3)n2C)c1. The van der Waals surface area contributed by atoms with E-state index in [1.54, 1.807) is 24.3 Å². The van der Waals surface area contributed by atoms with Crippen LogP contribution in [0.1, 0.15) is 17.0 Å². The van der Waals surface area contributed by atoms with Gasteiger partial charge < -0.3 is 14.6 Å². The number of anilines is 1. The molecule has 0 aliphatic heterocycles. The number of carbonyl (C=O) groups is 1. The fourth-order valence-electron chi connectivity index (χ4n) is 2.46. The van der Waals surface area contributed by atoms with Gasteiger partial charge in [0.05, 0.1) is 5.75 Å². The minimum absolute atomic E-state index is 0.122. The first-order valence-corrected chi connectivity index (χ1v) is 10.1. The molecule has 146 valence electrons. The number of halogens is 1. The van der Waals surface area contributed by atoms with E-state index in [1.807, 2.05) is 43.7 Å². The average molecular weight is 417 g/mol. The molecule has 6 nitrogen and oxygen atoms in total. The Kier molecular flexibility index (Phi) is 6.59. The Balaban J connectivity index is 1.54. The number of nitrogens with one attached hydrogen (secondary N) is 1. The number of hydrogen-bond donors (Lipinski definition) is 1. The molecule has 0 atom stereocenters. The van der Waals surface area contributed by atoms with Crippen LogP contribution < -0.4 is 10.1 Å². The zero-order valence-electron chi connectivity index (χ0n) is 15.9. The van der Waals surface area contributed by atoms with Crippen molar-refractivity contribution in [2.75, 3.05) is 11.1 Å². The summed E-state index contributed by atoms with van der Waals surface area (Å²) in [6.45, 7) is 4.34. The third-order valence-corrected chi connectivity index (χ3v) is 5.36. The van der Waals surface area contributed by atoms with Crippen molar-refractivity contribution in [1.82, 2.24) is 14.8 Å². The number of benzene rings is 2. The van der Waals surface area contributed by atoms with E-state index < -0.39 is 0 Å². The van der Waals surface area contributed by atoms with Gasteiger partial charge in [0, 0.05) is 17.8 Å². The predicted molar refractivity (Wildman–Crippen MR) is 112 cm³/mol. The number of thioether (sulfide) groups is 1. The summed E-state index contributed by atoms with van der Waals surface area (Å²) >= 11 is 7.17. The Hall–Kier alpha value is -2.51. The molecule has 1 amide bonds. The van der Waals surface area contributed by atoms with Crippen LogP contribution in [-0.4, -0.2) is 26.4 Å². The standard InChI is InChI=1S/C20H21ClN4O2S/c1-13-4-5-14(2)17(10-13)27-11-18-23-24-20(25(18)3)28-12-19(26)22-16-8-6-15(21)7-9-16/h4-10H,11-12H2,1-3H3,(H,22,26). The number of aromatic nitrogens is 3. The highest BCUT2D eigenvalue weighted by Crippen LogP contribution is 2.21. The Morgan fingerprint density at radius 3 is 2.68 bits per heavy atom. The molecular formula is C20H21ClN4O2S. The smallest absolute Gasteiger partial charge is 0.234 e. The van der Waals surface area contributed by atoms with Crippen LogP contribution in [0.15, 0.2) is 47.6 Å². The van der Waals surface area contributed by atoms with Crippen molar-refractivity contribution in [3.05, 3.63) is 64.4 Å². The monoisotopic (exact) mass is 416 g/mol. The van der Waals surface area contributed by atoms with Crippen LogP contribution in [0.2, 0.25) is 5.02 Å². The maximum atomic E-state index is 12.1. The van der Waals surface area contributed by atoms with Gasteiger partial charge in [0.2, 0.25) is 5.91 Å². The van der Waals surface area contributed by atoms with Gasteiger partial charge in [-0.15, -0.1) is 10.2 Å². The summed E-state index contributed by atoms with van der Waals surface area (Å²) in [5, 5.41) is 12.4. The van der Waals surface area contributed by atoms with E-state index in [9.17, 15) is 4.79 Å². The van der Waals surface area contributed by atoms with Crippen LogP contribution in [0.4, 0.5) is 5.69 Å². The van der Waals surface area contributed by atoms with Gasteiger partial charge in [0.25, 0.3) is 0 Å². The highest BCUT2D eigenvalue weighted by atomic mass is 35.5. The largest absolute Gasteiger partial charge is 0.485 e. The molecular weight excluding hydrogens is 396 g/mol. The minimum atomic E-state index is -0.122. The van der Waals surface area contributed by atoms with Gasteiger partial charge >= 0.3 is 0 Å². The molecule has 0 saturated carbocycles. The average Bonchev–Trinajstić information content (AvgIpc) is 3.02. The Bertz CT molecular complexity index is 973. The summed E-state index contributed by atoms with van der Waals surface area (Å²) in [7, 11) is 1.86. The topological polar surface area (TPSA) is 69.0 Å². The third kappa shape index (κ3) is 5.27. The van der Waals surface area contributed by atoms with E-state index in [1.165, 1.54) is 11.8 Å². The number of ether oxygens (including phenoxy) is 1. The highest BCUT2D eigenvalue weighted by molar-refractivity contribution is 7.99. The third-order valence-electron chi connectivity index (χ3n) is 4.09. The van der Waals surface area contributed by atoms with Crippen molar-refractivity contribution in [2.45, 2.75) is 25.6 Å². The highest BCUT2D eigenvalue weighted by Gasteiger charge is 2.13. The van der Waals surface area contributed by atoms with Crippen molar-refractivity contribution in [3.8, 4) is 5.75 Å². The first kappa shape index (κ1) is 20.2. The molecule has 28 heavy (non-hydrogen) atoms. The summed E-state index contributed by atoms with van der Waals surface area (Å²) in [5.74, 6) is 1.64. The number of nitrogens with zero attached hydrogens (tertiary/aromatic N) is 3. The number of rotatable bonds is 7. The molecule has 0 unspecified atom stereocenters. The van der Waals surface area contributed by atoms with Crippen molar-refractivity contribution in [2.24, 2.45) is 7.05 Å². The molecule has 2 aromatic carbocycles. The van der Waals surface area contributed by atoms with Crippen molar-refractivity contribution < 1.29 is 9.53 Å². The fourth-order valence-corrected chi connectivity index (χ4v) is 3.32. The lowest BCUT2D eigenvalue weighted by atomic mass is 10.1. The normalized spacial score (nSPS) is 10.7. The van der Waals surface area contributed by atoms with Gasteiger partial charge in [-0.1, -0.05) is 35.5 Å². The van der Waals surface area contributed by atoms with E-state index in [4.69, 9.17) is 16.3 Å². The fraction of sp³-hybridized carbons (Fsp3) is 0.250. The first-order chi connectivity index (χ1) is 13.4. The predicted octanol–water partition coefficient (Wildman–Crippen LogP) is 4.40. The van der Waals surface area contributed by atoms with Gasteiger partial charge in [0.1, 0.15) is 12.4 Å². The number of amides is 1. The lowest BCUT2D eigenvalue weighted by molar-refractivity contribution is -0.113. The van der Waals surface area contributed by atoms with Gasteiger partial charge in [-0.25, -0.2) is 0 Å². The van der Waals surface area contributed by atoms with Crippen LogP contribution in [0.3, 0.4) is 0 Å². The summed E-state index contributed by atoms with van der Waals surface area (Å²) in [6, 6.07) is 13.1. The molecule has 3 aromatic rings. The zero-order valence-corrected chi connectivity index (χ0v) is 17.5. The lowest BCUT2D eigenvalue weighted by Crippen LogP contribution is -2.14. The van der Waals surface area contributed by atoms with E-state index >= 15 is 0 Å². The Morgan fingerprint density at radius 1 is 1.18 bits per heavy atom. The lowest BCUT2D eigenvalue weighted by Gasteiger charge is -2.10. The van der Waals surface area contributed by atoms with E-state index in [2.05, 4.69) is 15.5 Å². The molecule has 0 spiro atoms. The minimum Gasteiger partial charge on any atom is -0.485 e. The van der Waals surface area contributed by atoms with Crippen LogP contribution >= 0.6 is 23.4 Å². The summed E-state index contributed by atoms with van der Waals surface area (Å²) in [5.41, 5.74) is 2.92. The quantitative estimate of drug-likeness (QED) is 0.578. The molecule has 0 fully saturated rings. The van der Waals surface area contributed by atoms with Gasteiger partial charge in [-0.3, -0.25) is 4.79 Å². The van der Waals surface area contributed by atoms with Gasteiger partial charge in [-0.05, 0) is 55.3 Å². The maximum Gasteiger partial charge on any atom is 0.234 e. The van der Waals surface area contributed by atoms with Crippen molar-refractivity contribution in [3.63, 3.8) is 0 Å². The first-order valence-electron chi connectivity index (χ1n) is 8.69. The molecule has 0 aliphatic rings. The number of aryl methyl sites for hydroxylation is 2. The Labute approximate surface area is 173 Å². The van der Waals surface area contributed by atoms with Crippen LogP contribution in [0.5, 0.6) is 5.75 Å². The van der Waals surface area contributed by atoms with E-state index in [-0.39, 0.29) is 11.7 Å². The summed E-state index contributed by atoms with van der Waals surface area (Å²) < 4.78 is 7.73. The zero-order chi connectivity index (χ0) is 20.1. The second kappa shape index (κ2) is 9.12. The molecule has 0 saturated heterocycles. The number of carbonyl (C=O) groups excluding carboxylic acids is 1. The number of hydrogen-bond acceptors (Lipinski definition) is 5. The molecule has 8 heteroatoms.